The van der Waals surface area contributed by atoms with Crippen LogP contribution in [-0.2, 0) is 0 Å². The van der Waals surface area contributed by atoms with Crippen molar-refractivity contribution in [1.29, 1.82) is 0 Å². The number of carbonyl (C=O) groups is 1. The van der Waals surface area contributed by atoms with Gasteiger partial charge in [0.2, 0.25) is 0 Å². The van der Waals surface area contributed by atoms with Crippen LogP contribution >= 0.6 is 0 Å². The molecule has 1 rings (SSSR count). The zero-order valence-corrected chi connectivity index (χ0v) is 10.1. The summed E-state index contributed by atoms with van der Waals surface area (Å²) in [6.45, 7) is 3.51. The normalized spacial score (nSPS) is 8.33. The van der Waals surface area contributed by atoms with E-state index in [4.69, 9.17) is 5.11 Å². The maximum absolute atomic E-state index is 10.5. The summed E-state index contributed by atoms with van der Waals surface area (Å²) in [5.41, 5.74) is 0.947. The zero-order chi connectivity index (χ0) is 8.27. The Bertz CT molecular complexity index is 303. The van der Waals surface area contributed by atoms with E-state index in [1.807, 2.05) is 0 Å². The van der Waals surface area contributed by atoms with Crippen LogP contribution in [0.25, 0.3) is 6.08 Å². The van der Waals surface area contributed by atoms with Crippen LogP contribution in [0, 0.1) is 0 Å². The van der Waals surface area contributed by atoms with Crippen LogP contribution in [0.1, 0.15) is 18.8 Å². The van der Waals surface area contributed by atoms with Crippen molar-refractivity contribution >= 4 is 57.5 Å². The summed E-state index contributed by atoms with van der Waals surface area (Å²) in [5, 5.41) is 8.65. The molecule has 0 aliphatic rings. The van der Waals surface area contributed by atoms with E-state index in [-0.39, 0.29) is 48.3 Å². The molecule has 0 spiro atoms. The molecule has 12 heavy (non-hydrogen) atoms. The molecule has 0 heterocycles. The fraction of sp³-hybridized carbons (Fsp3) is 0. The van der Waals surface area contributed by atoms with E-state index in [2.05, 4.69) is 6.58 Å². The second kappa shape index (κ2) is 5.54. The van der Waals surface area contributed by atoms with Gasteiger partial charge in [-0.3, -0.25) is 0 Å². The molecule has 0 fully saturated rings. The van der Waals surface area contributed by atoms with Gasteiger partial charge in [-0.05, 0) is 11.6 Å². The molecular formula is C9H10O2Sr. The van der Waals surface area contributed by atoms with Crippen LogP contribution < -0.4 is 0 Å². The first-order valence-corrected chi connectivity index (χ1v) is 3.20. The summed E-state index contributed by atoms with van der Waals surface area (Å²) in [6.07, 6.45) is 1.53. The predicted molar refractivity (Wildman–Crippen MR) is 51.5 cm³/mol. The summed E-state index contributed by atoms with van der Waals surface area (Å²) in [7, 11) is 0. The van der Waals surface area contributed by atoms with Crippen molar-refractivity contribution in [1.82, 2.24) is 0 Å². The topological polar surface area (TPSA) is 37.3 Å². The average Bonchev–Trinajstić information content (AvgIpc) is 2.04. The maximum atomic E-state index is 10.5. The van der Waals surface area contributed by atoms with E-state index in [1.54, 1.807) is 24.3 Å². The van der Waals surface area contributed by atoms with Crippen LogP contribution in [0.3, 0.4) is 0 Å². The minimum Gasteiger partial charge on any atom is -1.00 e. The van der Waals surface area contributed by atoms with Gasteiger partial charge in [0.25, 0.3) is 0 Å². The number of carboxylic acid groups (broad SMARTS) is 1. The van der Waals surface area contributed by atoms with Crippen molar-refractivity contribution in [2.75, 3.05) is 0 Å². The van der Waals surface area contributed by atoms with Crippen molar-refractivity contribution < 1.29 is 12.8 Å². The van der Waals surface area contributed by atoms with Crippen LogP contribution in [0.15, 0.2) is 30.8 Å². The number of carboxylic acids is 1. The molecule has 0 atom stereocenters. The SMILES string of the molecule is C=Cc1ccccc1C(=O)O.[H-].[H-].[Sr+2]. The Morgan fingerprint density at radius 2 is 2.08 bits per heavy atom. The second-order valence-corrected chi connectivity index (χ2v) is 2.10. The number of hydrogen-bond acceptors (Lipinski definition) is 1. The van der Waals surface area contributed by atoms with E-state index in [0.29, 0.717) is 11.1 Å². The standard InChI is InChI=1S/C9H8O2.Sr.2H/c1-2-7-5-3-4-6-8(7)9(10)11;;;/h2-6H,1H2,(H,10,11);;;/q;+2;2*-1. The zero-order valence-electron chi connectivity index (χ0n) is 8.66. The third-order valence-corrected chi connectivity index (χ3v) is 1.41. The molecular weight excluding hydrogens is 228 g/mol. The van der Waals surface area contributed by atoms with Gasteiger partial charge in [-0.15, -0.1) is 0 Å². The molecule has 0 saturated heterocycles. The average molecular weight is 238 g/mol. The number of rotatable bonds is 2. The Balaban J connectivity index is -0.000000403. The van der Waals surface area contributed by atoms with Crippen LogP contribution in [0.5, 0.6) is 0 Å². The fourth-order valence-corrected chi connectivity index (χ4v) is 0.870. The maximum Gasteiger partial charge on any atom is 2.00 e. The van der Waals surface area contributed by atoms with Crippen molar-refractivity contribution in [3.8, 4) is 0 Å². The molecule has 0 bridgehead atoms. The van der Waals surface area contributed by atoms with Crippen molar-refractivity contribution in [3.63, 3.8) is 0 Å². The molecule has 0 aromatic heterocycles. The Hall–Kier alpha value is -0.0895. The van der Waals surface area contributed by atoms with Gasteiger partial charge in [0.15, 0.2) is 0 Å². The fourth-order valence-electron chi connectivity index (χ4n) is 0.870. The van der Waals surface area contributed by atoms with Crippen molar-refractivity contribution in [2.24, 2.45) is 0 Å². The Morgan fingerprint density at radius 1 is 1.50 bits per heavy atom. The van der Waals surface area contributed by atoms with Crippen molar-refractivity contribution in [2.45, 2.75) is 0 Å². The molecule has 0 amide bonds. The summed E-state index contributed by atoms with van der Waals surface area (Å²) >= 11 is 0. The summed E-state index contributed by atoms with van der Waals surface area (Å²) in [4.78, 5) is 10.5. The molecule has 0 unspecified atom stereocenters. The van der Waals surface area contributed by atoms with Gasteiger partial charge in [-0.25, -0.2) is 4.79 Å². The molecule has 1 aromatic carbocycles. The monoisotopic (exact) mass is 238 g/mol. The van der Waals surface area contributed by atoms with E-state index < -0.39 is 5.97 Å². The van der Waals surface area contributed by atoms with Crippen LogP contribution in [0.2, 0.25) is 0 Å². The molecule has 2 nitrogen and oxygen atoms in total. The molecule has 3 heteroatoms. The quantitative estimate of drug-likeness (QED) is 0.798. The number of aromatic carboxylic acids is 1. The number of benzene rings is 1. The summed E-state index contributed by atoms with van der Waals surface area (Å²) in [6, 6.07) is 6.75. The van der Waals surface area contributed by atoms with Gasteiger partial charge >= 0.3 is 51.5 Å². The van der Waals surface area contributed by atoms with Crippen LogP contribution in [-0.4, -0.2) is 56.6 Å². The largest absolute Gasteiger partial charge is 2.00 e. The summed E-state index contributed by atoms with van der Waals surface area (Å²) < 4.78 is 0. The van der Waals surface area contributed by atoms with E-state index in [0.717, 1.165) is 0 Å². The third kappa shape index (κ3) is 2.75. The van der Waals surface area contributed by atoms with Gasteiger partial charge in [-0.2, -0.15) is 0 Å². The van der Waals surface area contributed by atoms with Crippen LogP contribution in [0.4, 0.5) is 0 Å². The van der Waals surface area contributed by atoms with E-state index in [1.165, 1.54) is 6.08 Å². The number of hydrogen-bond donors (Lipinski definition) is 1. The smallest absolute Gasteiger partial charge is 1.00 e. The first-order chi connectivity index (χ1) is 5.25. The van der Waals surface area contributed by atoms with Gasteiger partial charge in [0, 0.05) is 0 Å². The minimum atomic E-state index is -0.916. The summed E-state index contributed by atoms with van der Waals surface area (Å²) in [5.74, 6) is -0.916. The first kappa shape index (κ1) is 11.9. The van der Waals surface area contributed by atoms with Crippen molar-refractivity contribution in [3.05, 3.63) is 42.0 Å². The molecule has 60 valence electrons. The predicted octanol–water partition coefficient (Wildman–Crippen LogP) is 1.87. The Kier molecular flexibility index (Phi) is 5.50. The Morgan fingerprint density at radius 3 is 2.50 bits per heavy atom. The minimum absolute atomic E-state index is 0. The molecule has 1 N–H and O–H groups in total. The van der Waals surface area contributed by atoms with Gasteiger partial charge in [-0.1, -0.05) is 30.9 Å². The third-order valence-electron chi connectivity index (χ3n) is 1.41. The van der Waals surface area contributed by atoms with Gasteiger partial charge in [0.1, 0.15) is 0 Å². The molecule has 1 aromatic rings. The first-order valence-electron chi connectivity index (χ1n) is 3.20. The Labute approximate surface area is 111 Å². The molecule has 0 aliphatic heterocycles. The molecule has 0 radical (unpaired) electrons. The molecule has 0 saturated carbocycles. The van der Waals surface area contributed by atoms with E-state index in [9.17, 15) is 4.79 Å². The second-order valence-electron chi connectivity index (χ2n) is 2.10. The van der Waals surface area contributed by atoms with E-state index >= 15 is 0 Å². The molecule has 0 aliphatic carbocycles. The van der Waals surface area contributed by atoms with Gasteiger partial charge in [0.05, 0.1) is 5.56 Å². The van der Waals surface area contributed by atoms with Gasteiger partial charge < -0.3 is 7.96 Å².